The Hall–Kier alpha value is -4.34. The Labute approximate surface area is 230 Å². The number of benzene rings is 4. The standard InChI is InChI=1S/C15H14O2.C14H14N2O.C2H6O.H4N2/c1-17-15(16)14(12-8-4-2-5-9-12)13-10-6-3-7-11-13;15-16-14(17)13(11-7-3-1-4-8-11)12-9-5-2-6-10-12;1-2-3;1-2/h2-11,14H,1H3;1-10,13H,15H2,(H,16,17);3H,2H2,1H3;1-2H2. The van der Waals surface area contributed by atoms with Crippen LogP contribution in [0.3, 0.4) is 0 Å². The van der Waals surface area contributed by atoms with Crippen molar-refractivity contribution in [1.29, 1.82) is 0 Å². The first-order chi connectivity index (χ1) is 19.1. The summed E-state index contributed by atoms with van der Waals surface area (Å²) in [5, 5.41) is 7.57. The number of ether oxygens (including phenoxy) is 1. The van der Waals surface area contributed by atoms with E-state index in [2.05, 4.69) is 17.1 Å². The van der Waals surface area contributed by atoms with Gasteiger partial charge in [0.05, 0.1) is 13.0 Å². The second-order valence-corrected chi connectivity index (χ2v) is 7.86. The van der Waals surface area contributed by atoms with Crippen molar-refractivity contribution >= 4 is 11.9 Å². The van der Waals surface area contributed by atoms with Gasteiger partial charge in [-0.1, -0.05) is 121 Å². The first-order valence-corrected chi connectivity index (χ1v) is 12.3. The minimum absolute atomic E-state index is 0.206. The molecule has 8 heteroatoms. The molecule has 0 aliphatic heterocycles. The topological polar surface area (TPSA) is 154 Å². The molecule has 4 aromatic rings. The zero-order valence-electron chi connectivity index (χ0n) is 22.3. The molecule has 0 bridgehead atoms. The van der Waals surface area contributed by atoms with Gasteiger partial charge in [-0.2, -0.15) is 0 Å². The van der Waals surface area contributed by atoms with Crippen molar-refractivity contribution < 1.29 is 19.4 Å². The molecular formula is C31H38N4O4. The summed E-state index contributed by atoms with van der Waals surface area (Å²) in [6.45, 7) is 1.93. The molecule has 0 spiro atoms. The monoisotopic (exact) mass is 530 g/mol. The fourth-order valence-electron chi connectivity index (χ4n) is 3.74. The molecule has 0 radical (unpaired) electrons. The van der Waals surface area contributed by atoms with E-state index in [1.165, 1.54) is 7.11 Å². The van der Waals surface area contributed by atoms with E-state index in [9.17, 15) is 9.59 Å². The Bertz CT molecular complexity index is 1000. The number of carbonyl (C=O) groups is 2. The Morgan fingerprint density at radius 1 is 0.667 bits per heavy atom. The van der Waals surface area contributed by atoms with Crippen LogP contribution in [0.15, 0.2) is 121 Å². The van der Waals surface area contributed by atoms with Crippen LogP contribution in [0, 0.1) is 0 Å². The molecule has 0 fully saturated rings. The number of hydrazine groups is 2. The summed E-state index contributed by atoms with van der Waals surface area (Å²) in [4.78, 5) is 23.8. The molecule has 1 amide bonds. The maximum atomic E-state index is 11.9. The van der Waals surface area contributed by atoms with Gasteiger partial charge in [-0.3, -0.25) is 26.7 Å². The lowest BCUT2D eigenvalue weighted by Crippen LogP contribution is -2.35. The van der Waals surface area contributed by atoms with Crippen LogP contribution in [0.2, 0.25) is 0 Å². The van der Waals surface area contributed by atoms with E-state index in [0.29, 0.717) is 0 Å². The number of nitrogens with two attached hydrogens (primary N) is 3. The highest BCUT2D eigenvalue weighted by Gasteiger charge is 2.23. The van der Waals surface area contributed by atoms with E-state index in [4.69, 9.17) is 15.7 Å². The largest absolute Gasteiger partial charge is 0.468 e. The third-order valence-corrected chi connectivity index (χ3v) is 5.37. The van der Waals surface area contributed by atoms with Gasteiger partial charge in [-0.25, -0.2) is 5.84 Å². The van der Waals surface area contributed by atoms with Gasteiger partial charge in [-0.15, -0.1) is 0 Å². The van der Waals surface area contributed by atoms with Crippen molar-refractivity contribution in [3.63, 3.8) is 0 Å². The number of aliphatic hydroxyl groups is 1. The highest BCUT2D eigenvalue weighted by Crippen LogP contribution is 2.26. The summed E-state index contributed by atoms with van der Waals surface area (Å²) >= 11 is 0. The number of carbonyl (C=O) groups excluding carboxylic acids is 2. The number of hydrogen-bond donors (Lipinski definition) is 5. The lowest BCUT2D eigenvalue weighted by Gasteiger charge is -2.15. The van der Waals surface area contributed by atoms with Gasteiger partial charge in [0.1, 0.15) is 5.92 Å². The normalized spacial score (nSPS) is 9.54. The fourth-order valence-corrected chi connectivity index (χ4v) is 3.74. The van der Waals surface area contributed by atoms with Gasteiger partial charge >= 0.3 is 5.97 Å². The Morgan fingerprint density at radius 2 is 0.923 bits per heavy atom. The van der Waals surface area contributed by atoms with Gasteiger partial charge in [0.15, 0.2) is 0 Å². The first-order valence-electron chi connectivity index (χ1n) is 12.3. The minimum Gasteiger partial charge on any atom is -0.468 e. The zero-order chi connectivity index (χ0) is 28.9. The molecule has 0 aliphatic carbocycles. The maximum Gasteiger partial charge on any atom is 0.317 e. The van der Waals surface area contributed by atoms with E-state index < -0.39 is 0 Å². The smallest absolute Gasteiger partial charge is 0.317 e. The van der Waals surface area contributed by atoms with Crippen LogP contribution in [0.4, 0.5) is 0 Å². The van der Waals surface area contributed by atoms with Crippen LogP contribution >= 0.6 is 0 Å². The molecule has 0 aliphatic rings. The quantitative estimate of drug-likeness (QED) is 0.110. The van der Waals surface area contributed by atoms with E-state index in [1.54, 1.807) is 6.92 Å². The number of amides is 1. The van der Waals surface area contributed by atoms with E-state index in [-0.39, 0.29) is 30.3 Å². The SMILES string of the molecule is CCO.COC(=O)C(c1ccccc1)c1ccccc1.NN.NNC(=O)C(c1ccccc1)c1ccccc1. The van der Waals surface area contributed by atoms with E-state index in [0.717, 1.165) is 22.3 Å². The average Bonchev–Trinajstić information content (AvgIpc) is 3.01. The molecule has 4 aromatic carbocycles. The van der Waals surface area contributed by atoms with Crippen LogP contribution in [0.1, 0.15) is 41.0 Å². The summed E-state index contributed by atoms with van der Waals surface area (Å²) in [5.74, 6) is 12.1. The highest BCUT2D eigenvalue weighted by molar-refractivity contribution is 5.86. The Balaban J connectivity index is 0.000000335. The highest BCUT2D eigenvalue weighted by atomic mass is 16.5. The molecule has 0 unspecified atom stereocenters. The molecular weight excluding hydrogens is 492 g/mol. The molecule has 0 saturated carbocycles. The lowest BCUT2D eigenvalue weighted by atomic mass is 9.91. The third-order valence-electron chi connectivity index (χ3n) is 5.37. The Morgan fingerprint density at radius 3 is 1.15 bits per heavy atom. The number of hydrogen-bond acceptors (Lipinski definition) is 7. The summed E-state index contributed by atoms with van der Waals surface area (Å²) in [6.07, 6.45) is 0. The summed E-state index contributed by atoms with van der Waals surface area (Å²) < 4.78 is 4.88. The Kier molecular flexibility index (Phi) is 16.5. The first kappa shape index (κ1) is 32.7. The van der Waals surface area contributed by atoms with Crippen LogP contribution in [-0.4, -0.2) is 30.7 Å². The van der Waals surface area contributed by atoms with Gasteiger partial charge in [-0.05, 0) is 29.2 Å². The molecule has 8 N–H and O–H groups in total. The van der Waals surface area contributed by atoms with Crippen molar-refractivity contribution in [2.75, 3.05) is 13.7 Å². The van der Waals surface area contributed by atoms with Crippen molar-refractivity contribution in [3.05, 3.63) is 144 Å². The van der Waals surface area contributed by atoms with Crippen LogP contribution in [0.5, 0.6) is 0 Å². The van der Waals surface area contributed by atoms with Crippen LogP contribution < -0.4 is 23.0 Å². The van der Waals surface area contributed by atoms with Gasteiger partial charge in [0, 0.05) is 6.61 Å². The van der Waals surface area contributed by atoms with E-state index in [1.807, 2.05) is 121 Å². The van der Waals surface area contributed by atoms with Crippen LogP contribution in [0.25, 0.3) is 0 Å². The van der Waals surface area contributed by atoms with Gasteiger partial charge < -0.3 is 9.84 Å². The van der Waals surface area contributed by atoms with E-state index >= 15 is 0 Å². The second-order valence-electron chi connectivity index (χ2n) is 7.86. The summed E-state index contributed by atoms with van der Waals surface area (Å²) in [7, 11) is 1.42. The molecule has 0 atom stereocenters. The fraction of sp³-hybridized carbons (Fsp3) is 0.161. The number of rotatable bonds is 6. The molecule has 0 heterocycles. The third kappa shape index (κ3) is 10.9. The number of esters is 1. The van der Waals surface area contributed by atoms with Crippen molar-refractivity contribution in [3.8, 4) is 0 Å². The zero-order valence-corrected chi connectivity index (χ0v) is 22.3. The maximum absolute atomic E-state index is 11.9. The number of aliphatic hydroxyl groups excluding tert-OH is 1. The lowest BCUT2D eigenvalue weighted by molar-refractivity contribution is -0.141. The minimum atomic E-state index is -0.359. The molecule has 0 saturated heterocycles. The molecule has 8 nitrogen and oxygen atoms in total. The van der Waals surface area contributed by atoms with Crippen molar-refractivity contribution in [2.45, 2.75) is 18.8 Å². The van der Waals surface area contributed by atoms with Gasteiger partial charge in [0.2, 0.25) is 5.91 Å². The predicted octanol–water partition coefficient (Wildman–Crippen LogP) is 3.62. The summed E-state index contributed by atoms with van der Waals surface area (Å²) in [6, 6.07) is 38.5. The van der Waals surface area contributed by atoms with Crippen molar-refractivity contribution in [1.82, 2.24) is 5.43 Å². The van der Waals surface area contributed by atoms with Gasteiger partial charge in [0.25, 0.3) is 0 Å². The van der Waals surface area contributed by atoms with Crippen LogP contribution in [-0.2, 0) is 14.3 Å². The molecule has 206 valence electrons. The average molecular weight is 531 g/mol. The predicted molar refractivity (Wildman–Crippen MR) is 155 cm³/mol. The second kappa shape index (κ2) is 19.7. The molecule has 4 rings (SSSR count). The number of nitrogens with one attached hydrogen (secondary N) is 1. The summed E-state index contributed by atoms with van der Waals surface area (Å²) in [5.41, 5.74) is 5.99. The van der Waals surface area contributed by atoms with Crippen molar-refractivity contribution in [2.24, 2.45) is 17.5 Å². The molecule has 0 aromatic heterocycles. The molecule has 39 heavy (non-hydrogen) atoms. The number of methoxy groups -OCH3 is 1.